The maximum atomic E-state index is 10.8. The molecular formula is C22H14N2O2. The van der Waals surface area contributed by atoms with Crippen LogP contribution >= 0.6 is 0 Å². The molecule has 0 aliphatic carbocycles. The molecule has 2 aromatic carbocycles. The molecule has 0 unspecified atom stereocenters. The average Bonchev–Trinajstić information content (AvgIpc) is 2.73. The number of aldehydes is 2. The molecule has 0 fully saturated rings. The van der Waals surface area contributed by atoms with Crippen LogP contribution in [0.15, 0.2) is 73.1 Å². The van der Waals surface area contributed by atoms with E-state index in [2.05, 4.69) is 34.2 Å². The quantitative estimate of drug-likeness (QED) is 0.511. The van der Waals surface area contributed by atoms with Gasteiger partial charge in [0.05, 0.1) is 0 Å². The highest BCUT2D eigenvalue weighted by Gasteiger charge is 2.04. The van der Waals surface area contributed by atoms with Crippen LogP contribution in [0, 0.1) is 0 Å². The topological polar surface area (TPSA) is 59.9 Å². The van der Waals surface area contributed by atoms with E-state index in [1.807, 2.05) is 24.3 Å². The number of aromatic nitrogens is 2. The fourth-order valence-corrected chi connectivity index (χ4v) is 2.90. The Kier molecular flexibility index (Phi) is 4.07. The lowest BCUT2D eigenvalue weighted by molar-refractivity contribution is 0.111. The molecule has 2 aromatic heterocycles. The number of hydrogen-bond donors (Lipinski definition) is 0. The highest BCUT2D eigenvalue weighted by molar-refractivity contribution is 5.91. The Hall–Kier alpha value is -3.66. The third-order valence-corrected chi connectivity index (χ3v) is 4.32. The van der Waals surface area contributed by atoms with Crippen molar-refractivity contribution in [3.05, 3.63) is 84.4 Å². The Morgan fingerprint density at radius 3 is 1.38 bits per heavy atom. The maximum absolute atomic E-state index is 10.8. The lowest BCUT2D eigenvalue weighted by Crippen LogP contribution is -1.88. The van der Waals surface area contributed by atoms with Crippen molar-refractivity contribution in [2.24, 2.45) is 0 Å². The number of pyridine rings is 2. The van der Waals surface area contributed by atoms with Crippen molar-refractivity contribution >= 4 is 23.3 Å². The van der Waals surface area contributed by atoms with Crippen molar-refractivity contribution in [3.8, 4) is 22.3 Å². The number of fused-ring (bicyclic) bond motifs is 1. The predicted octanol–water partition coefficient (Wildman–Crippen LogP) is 4.59. The number of rotatable bonds is 4. The summed E-state index contributed by atoms with van der Waals surface area (Å²) >= 11 is 0. The molecule has 0 spiro atoms. The summed E-state index contributed by atoms with van der Waals surface area (Å²) in [4.78, 5) is 29.8. The van der Waals surface area contributed by atoms with Gasteiger partial charge in [0, 0.05) is 23.5 Å². The van der Waals surface area contributed by atoms with Crippen LogP contribution in [0.5, 0.6) is 0 Å². The van der Waals surface area contributed by atoms with Gasteiger partial charge in [0.25, 0.3) is 0 Å². The zero-order chi connectivity index (χ0) is 17.9. The van der Waals surface area contributed by atoms with E-state index in [1.165, 1.54) is 0 Å². The number of hydrogen-bond acceptors (Lipinski definition) is 4. The van der Waals surface area contributed by atoms with E-state index >= 15 is 0 Å². The molecule has 0 aliphatic rings. The summed E-state index contributed by atoms with van der Waals surface area (Å²) in [5.74, 6) is 0. The van der Waals surface area contributed by atoms with Gasteiger partial charge in [-0.1, -0.05) is 36.4 Å². The van der Waals surface area contributed by atoms with Crippen LogP contribution in [-0.4, -0.2) is 22.5 Å². The molecule has 2 heterocycles. The third kappa shape index (κ3) is 3.00. The molecule has 0 N–H and O–H groups in total. The molecule has 0 atom stereocenters. The molecule has 0 saturated carbocycles. The molecule has 4 heteroatoms. The molecule has 0 aliphatic heterocycles. The van der Waals surface area contributed by atoms with Crippen LogP contribution in [0.2, 0.25) is 0 Å². The third-order valence-electron chi connectivity index (χ3n) is 4.32. The molecule has 124 valence electrons. The fourth-order valence-electron chi connectivity index (χ4n) is 2.90. The Bertz CT molecular complexity index is 1010. The van der Waals surface area contributed by atoms with Crippen LogP contribution in [0.1, 0.15) is 21.0 Å². The van der Waals surface area contributed by atoms with Crippen molar-refractivity contribution < 1.29 is 9.59 Å². The first kappa shape index (κ1) is 15.8. The second-order valence-corrected chi connectivity index (χ2v) is 5.96. The predicted molar refractivity (Wildman–Crippen MR) is 101 cm³/mol. The van der Waals surface area contributed by atoms with Crippen molar-refractivity contribution in [2.75, 3.05) is 0 Å². The summed E-state index contributed by atoms with van der Waals surface area (Å²) in [6.45, 7) is 0. The van der Waals surface area contributed by atoms with Crippen molar-refractivity contribution in [1.29, 1.82) is 0 Å². The Labute approximate surface area is 150 Å². The first-order valence-corrected chi connectivity index (χ1v) is 8.14. The highest BCUT2D eigenvalue weighted by Crippen LogP contribution is 2.28. The van der Waals surface area contributed by atoms with Gasteiger partial charge in [0.1, 0.15) is 11.4 Å². The minimum absolute atomic E-state index is 0.420. The second-order valence-electron chi connectivity index (χ2n) is 5.96. The van der Waals surface area contributed by atoms with Gasteiger partial charge >= 0.3 is 0 Å². The largest absolute Gasteiger partial charge is 0.296 e. The molecule has 0 saturated heterocycles. The zero-order valence-corrected chi connectivity index (χ0v) is 13.8. The van der Waals surface area contributed by atoms with Gasteiger partial charge in [-0.05, 0) is 46.2 Å². The summed E-state index contributed by atoms with van der Waals surface area (Å²) in [6.07, 6.45) is 4.88. The summed E-state index contributed by atoms with van der Waals surface area (Å²) in [6, 6.07) is 19.6. The fraction of sp³-hybridized carbons (Fsp3) is 0. The van der Waals surface area contributed by atoms with Gasteiger partial charge in [0.15, 0.2) is 12.6 Å². The summed E-state index contributed by atoms with van der Waals surface area (Å²) in [5, 5.41) is 2.23. The first-order chi connectivity index (χ1) is 12.8. The number of carbonyl (C=O) groups excluding carboxylic acids is 2. The van der Waals surface area contributed by atoms with Gasteiger partial charge in [-0.15, -0.1) is 0 Å². The van der Waals surface area contributed by atoms with Crippen molar-refractivity contribution in [2.45, 2.75) is 0 Å². The van der Waals surface area contributed by atoms with Gasteiger partial charge in [-0.25, -0.2) is 0 Å². The summed E-state index contributed by atoms with van der Waals surface area (Å²) in [5.41, 5.74) is 4.83. The van der Waals surface area contributed by atoms with Crippen LogP contribution in [0.3, 0.4) is 0 Å². The molecule has 4 aromatic rings. The maximum Gasteiger partial charge on any atom is 0.168 e. The summed E-state index contributed by atoms with van der Waals surface area (Å²) < 4.78 is 0. The van der Waals surface area contributed by atoms with Crippen LogP contribution in [0.4, 0.5) is 0 Å². The van der Waals surface area contributed by atoms with E-state index in [-0.39, 0.29) is 0 Å². The van der Waals surface area contributed by atoms with Crippen molar-refractivity contribution in [3.63, 3.8) is 0 Å². The lowest BCUT2D eigenvalue weighted by Gasteiger charge is -2.07. The minimum atomic E-state index is 0.420. The number of nitrogens with zero attached hydrogens (tertiary/aromatic N) is 2. The smallest absolute Gasteiger partial charge is 0.168 e. The Morgan fingerprint density at radius 2 is 1.00 bits per heavy atom. The normalized spacial score (nSPS) is 10.6. The molecule has 4 rings (SSSR count). The molecule has 4 nitrogen and oxygen atoms in total. The molecular weight excluding hydrogens is 324 g/mol. The monoisotopic (exact) mass is 338 g/mol. The van der Waals surface area contributed by atoms with Gasteiger partial charge in [0.2, 0.25) is 0 Å². The van der Waals surface area contributed by atoms with Gasteiger partial charge in [-0.3, -0.25) is 19.6 Å². The second kappa shape index (κ2) is 6.69. The zero-order valence-electron chi connectivity index (χ0n) is 13.8. The van der Waals surface area contributed by atoms with Crippen LogP contribution < -0.4 is 0 Å². The SMILES string of the molecule is O=Cc1ccc(-c2ccc3ccc(-c4ccc(C=O)nc4)cc3c2)cn1. The molecule has 0 radical (unpaired) electrons. The van der Waals surface area contributed by atoms with E-state index in [0.29, 0.717) is 11.4 Å². The minimum Gasteiger partial charge on any atom is -0.296 e. The van der Waals surface area contributed by atoms with Crippen LogP contribution in [0.25, 0.3) is 33.0 Å². The first-order valence-electron chi connectivity index (χ1n) is 8.14. The van der Waals surface area contributed by atoms with Crippen LogP contribution in [-0.2, 0) is 0 Å². The standard InChI is InChI=1S/C22H14N2O2/c25-13-21-7-5-18(11-23-21)16-3-1-15-2-4-17(10-20(15)9-16)19-6-8-22(14-26)24-12-19/h1-14H. The Morgan fingerprint density at radius 1 is 0.538 bits per heavy atom. The molecule has 0 amide bonds. The number of carbonyl (C=O) groups is 2. The Balaban J connectivity index is 1.76. The summed E-state index contributed by atoms with van der Waals surface area (Å²) in [7, 11) is 0. The average molecular weight is 338 g/mol. The number of benzene rings is 2. The van der Waals surface area contributed by atoms with E-state index in [1.54, 1.807) is 24.5 Å². The van der Waals surface area contributed by atoms with Crippen molar-refractivity contribution in [1.82, 2.24) is 9.97 Å². The molecule has 0 bridgehead atoms. The van der Waals surface area contributed by atoms with E-state index in [0.717, 1.165) is 45.6 Å². The lowest BCUT2D eigenvalue weighted by atomic mass is 9.98. The van der Waals surface area contributed by atoms with E-state index in [9.17, 15) is 9.59 Å². The van der Waals surface area contributed by atoms with E-state index in [4.69, 9.17) is 0 Å². The van der Waals surface area contributed by atoms with Gasteiger partial charge < -0.3 is 0 Å². The van der Waals surface area contributed by atoms with E-state index < -0.39 is 0 Å². The molecule has 26 heavy (non-hydrogen) atoms. The van der Waals surface area contributed by atoms with Gasteiger partial charge in [-0.2, -0.15) is 0 Å². The highest BCUT2D eigenvalue weighted by atomic mass is 16.1.